The Hall–Kier alpha value is -1.20. The zero-order chi connectivity index (χ0) is 9.68. The molecule has 0 amide bonds. The van der Waals surface area contributed by atoms with Gasteiger partial charge in [-0.1, -0.05) is 11.3 Å². The largest absolute Gasteiger partial charge is 0.383 e. The van der Waals surface area contributed by atoms with Gasteiger partial charge in [-0.2, -0.15) is 0 Å². The summed E-state index contributed by atoms with van der Waals surface area (Å²) in [6.45, 7) is 4.70. The van der Waals surface area contributed by atoms with Crippen molar-refractivity contribution in [2.45, 2.75) is 12.6 Å². The molecule has 5 heteroatoms. The van der Waals surface area contributed by atoms with E-state index in [0.29, 0.717) is 13.2 Å². The zero-order valence-corrected chi connectivity index (χ0v) is 7.68. The first-order valence-corrected chi connectivity index (χ1v) is 4.03. The minimum absolute atomic E-state index is 0.181. The Kier molecular flexibility index (Phi) is 3.60. The molecule has 13 heavy (non-hydrogen) atoms. The van der Waals surface area contributed by atoms with Gasteiger partial charge in [-0.15, -0.1) is 11.7 Å². The van der Waals surface area contributed by atoms with Crippen molar-refractivity contribution in [3.63, 3.8) is 0 Å². The van der Waals surface area contributed by atoms with E-state index in [0.717, 1.165) is 5.69 Å². The van der Waals surface area contributed by atoms with E-state index >= 15 is 0 Å². The van der Waals surface area contributed by atoms with Gasteiger partial charge in [0.1, 0.15) is 0 Å². The number of allylic oxidation sites excluding steroid dienone is 1. The predicted octanol–water partition coefficient (Wildman–Crippen LogP) is 0.110. The van der Waals surface area contributed by atoms with Crippen molar-refractivity contribution in [3.8, 4) is 0 Å². The first kappa shape index (κ1) is 9.88. The maximum Gasteiger partial charge on any atom is 0.0781 e. The highest BCUT2D eigenvalue weighted by atomic mass is 16.5. The molecule has 0 spiro atoms. The average molecular weight is 182 g/mol. The molecule has 1 rings (SSSR count). The summed E-state index contributed by atoms with van der Waals surface area (Å²) in [6.07, 6.45) is 3.39. The molecule has 0 bridgehead atoms. The van der Waals surface area contributed by atoms with E-state index in [4.69, 9.17) is 10.5 Å². The van der Waals surface area contributed by atoms with Crippen LogP contribution in [0.5, 0.6) is 0 Å². The molecule has 0 aliphatic heterocycles. The zero-order valence-electron chi connectivity index (χ0n) is 7.68. The van der Waals surface area contributed by atoms with Crippen LogP contribution in [0.15, 0.2) is 18.9 Å². The lowest BCUT2D eigenvalue weighted by Crippen LogP contribution is -2.20. The van der Waals surface area contributed by atoms with Crippen molar-refractivity contribution in [1.82, 2.24) is 15.0 Å². The molecular formula is C8H14N4O. The van der Waals surface area contributed by atoms with Crippen LogP contribution in [0.1, 0.15) is 11.7 Å². The number of hydrogen-bond acceptors (Lipinski definition) is 4. The Bertz CT molecular complexity index is 271. The summed E-state index contributed by atoms with van der Waals surface area (Å²) in [5.41, 5.74) is 6.68. The summed E-state index contributed by atoms with van der Waals surface area (Å²) >= 11 is 0. The molecule has 0 radical (unpaired) electrons. The molecule has 1 aromatic heterocycles. The van der Waals surface area contributed by atoms with Gasteiger partial charge >= 0.3 is 0 Å². The molecule has 1 heterocycles. The molecule has 2 N–H and O–H groups in total. The number of rotatable bonds is 5. The maximum atomic E-state index is 5.82. The Balaban J connectivity index is 2.73. The number of ether oxygens (including phenoxy) is 1. The molecule has 5 nitrogen and oxygen atoms in total. The molecule has 0 aliphatic carbocycles. The highest BCUT2D eigenvalue weighted by Crippen LogP contribution is 2.07. The van der Waals surface area contributed by atoms with E-state index in [-0.39, 0.29) is 6.04 Å². The minimum Gasteiger partial charge on any atom is -0.383 e. The second-order valence-corrected chi connectivity index (χ2v) is 2.69. The van der Waals surface area contributed by atoms with Crippen LogP contribution in [0.2, 0.25) is 0 Å². The van der Waals surface area contributed by atoms with E-state index < -0.39 is 0 Å². The average Bonchev–Trinajstić information content (AvgIpc) is 2.54. The SMILES string of the molecule is C=CCn1nncc1C(N)COC. The third-order valence-electron chi connectivity index (χ3n) is 1.68. The van der Waals surface area contributed by atoms with Crippen molar-refractivity contribution >= 4 is 0 Å². The van der Waals surface area contributed by atoms with Crippen molar-refractivity contribution in [1.29, 1.82) is 0 Å². The Morgan fingerprint density at radius 2 is 2.62 bits per heavy atom. The monoisotopic (exact) mass is 182 g/mol. The summed E-state index contributed by atoms with van der Waals surface area (Å²) in [6, 6.07) is -0.181. The van der Waals surface area contributed by atoms with Crippen LogP contribution < -0.4 is 5.73 Å². The van der Waals surface area contributed by atoms with Gasteiger partial charge in [-0.05, 0) is 0 Å². The van der Waals surface area contributed by atoms with E-state index in [2.05, 4.69) is 16.9 Å². The quantitative estimate of drug-likeness (QED) is 0.656. The van der Waals surface area contributed by atoms with Gasteiger partial charge in [-0.25, -0.2) is 4.68 Å². The molecular weight excluding hydrogens is 168 g/mol. The fraction of sp³-hybridized carbons (Fsp3) is 0.500. The predicted molar refractivity (Wildman–Crippen MR) is 49.0 cm³/mol. The molecule has 0 aliphatic rings. The standard InChI is InChI=1S/C8H14N4O/c1-3-4-12-8(5-10-11-12)7(9)6-13-2/h3,5,7H,1,4,6,9H2,2H3. The van der Waals surface area contributed by atoms with E-state index in [1.54, 1.807) is 24.1 Å². The van der Waals surface area contributed by atoms with Crippen LogP contribution in [-0.2, 0) is 11.3 Å². The van der Waals surface area contributed by atoms with Crippen molar-refractivity contribution in [2.24, 2.45) is 5.73 Å². The normalized spacial score (nSPS) is 12.8. The molecule has 1 aromatic rings. The van der Waals surface area contributed by atoms with Gasteiger partial charge in [0.2, 0.25) is 0 Å². The second kappa shape index (κ2) is 4.74. The van der Waals surface area contributed by atoms with E-state index in [1.807, 2.05) is 0 Å². The number of nitrogens with two attached hydrogens (primary N) is 1. The lowest BCUT2D eigenvalue weighted by atomic mass is 10.2. The summed E-state index contributed by atoms with van der Waals surface area (Å²) in [5, 5.41) is 7.64. The van der Waals surface area contributed by atoms with Gasteiger partial charge in [0.25, 0.3) is 0 Å². The first-order valence-electron chi connectivity index (χ1n) is 4.03. The van der Waals surface area contributed by atoms with Crippen LogP contribution in [0, 0.1) is 0 Å². The van der Waals surface area contributed by atoms with Gasteiger partial charge in [-0.3, -0.25) is 0 Å². The molecule has 0 saturated carbocycles. The fourth-order valence-corrected chi connectivity index (χ4v) is 1.08. The number of aromatic nitrogens is 3. The molecule has 72 valence electrons. The topological polar surface area (TPSA) is 66.0 Å². The third kappa shape index (κ3) is 2.37. The summed E-state index contributed by atoms with van der Waals surface area (Å²) in [5.74, 6) is 0. The molecule has 0 fully saturated rings. The van der Waals surface area contributed by atoms with Crippen LogP contribution in [0.25, 0.3) is 0 Å². The molecule has 1 unspecified atom stereocenters. The van der Waals surface area contributed by atoms with Crippen LogP contribution in [-0.4, -0.2) is 28.7 Å². The molecule has 0 aromatic carbocycles. The number of nitrogens with zero attached hydrogens (tertiary/aromatic N) is 3. The lowest BCUT2D eigenvalue weighted by Gasteiger charge is -2.10. The summed E-state index contributed by atoms with van der Waals surface area (Å²) < 4.78 is 6.65. The Morgan fingerprint density at radius 3 is 3.23 bits per heavy atom. The Morgan fingerprint density at radius 1 is 1.85 bits per heavy atom. The molecule has 0 saturated heterocycles. The van der Waals surface area contributed by atoms with Gasteiger partial charge in [0, 0.05) is 7.11 Å². The van der Waals surface area contributed by atoms with Crippen molar-refractivity contribution in [3.05, 3.63) is 24.5 Å². The smallest absolute Gasteiger partial charge is 0.0781 e. The second-order valence-electron chi connectivity index (χ2n) is 2.69. The summed E-state index contributed by atoms with van der Waals surface area (Å²) in [7, 11) is 1.61. The number of hydrogen-bond donors (Lipinski definition) is 1. The molecule has 1 atom stereocenters. The van der Waals surface area contributed by atoms with Crippen molar-refractivity contribution in [2.75, 3.05) is 13.7 Å². The highest BCUT2D eigenvalue weighted by Gasteiger charge is 2.11. The van der Waals surface area contributed by atoms with Crippen LogP contribution in [0.4, 0.5) is 0 Å². The number of methoxy groups -OCH3 is 1. The Labute approximate surface area is 77.2 Å². The van der Waals surface area contributed by atoms with E-state index in [1.165, 1.54) is 0 Å². The van der Waals surface area contributed by atoms with E-state index in [9.17, 15) is 0 Å². The maximum absolute atomic E-state index is 5.82. The lowest BCUT2D eigenvalue weighted by molar-refractivity contribution is 0.178. The van der Waals surface area contributed by atoms with Crippen LogP contribution >= 0.6 is 0 Å². The van der Waals surface area contributed by atoms with Crippen molar-refractivity contribution < 1.29 is 4.74 Å². The van der Waals surface area contributed by atoms with Gasteiger partial charge < -0.3 is 10.5 Å². The highest BCUT2D eigenvalue weighted by molar-refractivity contribution is 5.01. The van der Waals surface area contributed by atoms with Gasteiger partial charge in [0.15, 0.2) is 0 Å². The van der Waals surface area contributed by atoms with Gasteiger partial charge in [0.05, 0.1) is 31.1 Å². The fourth-order valence-electron chi connectivity index (χ4n) is 1.08. The minimum atomic E-state index is -0.181. The van der Waals surface area contributed by atoms with Crippen LogP contribution in [0.3, 0.4) is 0 Å². The third-order valence-corrected chi connectivity index (χ3v) is 1.68. The first-order chi connectivity index (χ1) is 6.29. The summed E-state index contributed by atoms with van der Waals surface area (Å²) in [4.78, 5) is 0.